The Balaban J connectivity index is 2.09. The normalized spacial score (nSPS) is 13.7. The van der Waals surface area contributed by atoms with Crippen LogP contribution in [-0.4, -0.2) is 22.7 Å². The Hall–Kier alpha value is -1.89. The molecule has 0 fully saturated rings. The first kappa shape index (κ1) is 17.5. The monoisotopic (exact) mass is 338 g/mol. The van der Waals surface area contributed by atoms with Gasteiger partial charge in [0.2, 0.25) is 0 Å². The summed E-state index contributed by atoms with van der Waals surface area (Å²) in [5, 5.41) is 23.4. The van der Waals surface area contributed by atoms with E-state index in [1.807, 2.05) is 19.9 Å². The van der Waals surface area contributed by atoms with Crippen LogP contribution in [0.3, 0.4) is 0 Å². The van der Waals surface area contributed by atoms with Crippen molar-refractivity contribution in [2.75, 3.05) is 6.61 Å². The molecule has 7 heteroatoms. The van der Waals surface area contributed by atoms with Crippen molar-refractivity contribution in [3.8, 4) is 11.3 Å². The molecule has 6 nitrogen and oxygen atoms in total. The van der Waals surface area contributed by atoms with Crippen molar-refractivity contribution in [2.24, 2.45) is 5.92 Å². The first-order valence-electron chi connectivity index (χ1n) is 7.29. The van der Waals surface area contributed by atoms with Gasteiger partial charge < -0.3 is 14.8 Å². The zero-order valence-electron chi connectivity index (χ0n) is 13.0. The topological polar surface area (TPSA) is 88.5 Å². The van der Waals surface area contributed by atoms with E-state index >= 15 is 0 Å². The molecule has 1 heterocycles. The van der Waals surface area contributed by atoms with E-state index in [0.29, 0.717) is 17.9 Å². The number of non-ortho nitro benzene ring substituents is 1. The van der Waals surface area contributed by atoms with Crippen LogP contribution in [0.25, 0.3) is 11.3 Å². The maximum absolute atomic E-state index is 10.7. The minimum atomic E-state index is -0.489. The number of nitrogens with one attached hydrogen (secondary N) is 1. The van der Waals surface area contributed by atoms with Gasteiger partial charge in [0, 0.05) is 30.3 Å². The van der Waals surface area contributed by atoms with Gasteiger partial charge in [-0.05, 0) is 31.0 Å². The number of hydrogen-bond acceptors (Lipinski definition) is 5. The molecule has 2 aromatic rings. The Labute approximate surface area is 139 Å². The van der Waals surface area contributed by atoms with Gasteiger partial charge in [0.05, 0.1) is 16.5 Å². The summed E-state index contributed by atoms with van der Waals surface area (Å²) in [6.07, 6.45) is 0. The summed E-state index contributed by atoms with van der Waals surface area (Å²) in [6, 6.07) is 8.04. The van der Waals surface area contributed by atoms with E-state index in [-0.39, 0.29) is 29.3 Å². The van der Waals surface area contributed by atoms with E-state index in [9.17, 15) is 10.1 Å². The molecule has 0 bridgehead atoms. The third kappa shape index (κ3) is 4.31. The van der Waals surface area contributed by atoms with E-state index in [1.165, 1.54) is 12.1 Å². The van der Waals surface area contributed by atoms with Crippen molar-refractivity contribution in [1.29, 1.82) is 0 Å². The second kappa shape index (κ2) is 7.59. The van der Waals surface area contributed by atoms with Crippen LogP contribution in [0.15, 0.2) is 34.7 Å². The van der Waals surface area contributed by atoms with Gasteiger partial charge in [-0.25, -0.2) is 0 Å². The number of aliphatic hydroxyl groups excluding tert-OH is 1. The number of halogens is 1. The molecule has 0 radical (unpaired) electrons. The van der Waals surface area contributed by atoms with Crippen LogP contribution >= 0.6 is 11.6 Å². The number of aliphatic hydroxyl groups is 1. The quantitative estimate of drug-likeness (QED) is 0.594. The maximum Gasteiger partial charge on any atom is 0.270 e. The Kier molecular flexibility index (Phi) is 5.76. The highest BCUT2D eigenvalue weighted by atomic mass is 35.5. The van der Waals surface area contributed by atoms with Crippen LogP contribution in [0.1, 0.15) is 19.6 Å². The summed E-state index contributed by atoms with van der Waals surface area (Å²) in [4.78, 5) is 10.2. The molecule has 23 heavy (non-hydrogen) atoms. The van der Waals surface area contributed by atoms with Crippen LogP contribution in [0.2, 0.25) is 5.02 Å². The molecule has 1 aromatic heterocycles. The van der Waals surface area contributed by atoms with E-state index in [0.717, 1.165) is 5.76 Å². The first-order chi connectivity index (χ1) is 10.9. The Morgan fingerprint density at radius 2 is 2.09 bits per heavy atom. The van der Waals surface area contributed by atoms with Gasteiger partial charge in [-0.15, -0.1) is 0 Å². The summed E-state index contributed by atoms with van der Waals surface area (Å²) < 4.78 is 5.74. The van der Waals surface area contributed by atoms with Gasteiger partial charge in [-0.1, -0.05) is 18.5 Å². The molecule has 2 rings (SSSR count). The highest BCUT2D eigenvalue weighted by Crippen LogP contribution is 2.32. The van der Waals surface area contributed by atoms with E-state index < -0.39 is 4.92 Å². The standard InChI is InChI=1S/C16H19ClN2O4/c1-10(9-20)11(2)18-8-13-4-6-16(23-13)14-5-3-12(19(21)22)7-15(14)17/h3-7,10-11,18,20H,8-9H2,1-2H3. The lowest BCUT2D eigenvalue weighted by Gasteiger charge is -2.18. The molecule has 0 amide bonds. The lowest BCUT2D eigenvalue weighted by atomic mass is 10.1. The minimum Gasteiger partial charge on any atom is -0.460 e. The highest BCUT2D eigenvalue weighted by molar-refractivity contribution is 6.33. The Morgan fingerprint density at radius 1 is 1.35 bits per heavy atom. The van der Waals surface area contributed by atoms with Crippen LogP contribution in [0.4, 0.5) is 5.69 Å². The minimum absolute atomic E-state index is 0.0565. The van der Waals surface area contributed by atoms with Crippen molar-refractivity contribution in [3.63, 3.8) is 0 Å². The average molecular weight is 339 g/mol. The molecule has 0 saturated carbocycles. The van der Waals surface area contributed by atoms with E-state index in [1.54, 1.807) is 12.1 Å². The van der Waals surface area contributed by atoms with Gasteiger partial charge in [-0.2, -0.15) is 0 Å². The van der Waals surface area contributed by atoms with Crippen LogP contribution < -0.4 is 5.32 Å². The Morgan fingerprint density at radius 3 is 2.70 bits per heavy atom. The second-order valence-corrected chi connectivity index (χ2v) is 5.92. The molecule has 0 spiro atoms. The molecule has 124 valence electrons. The molecule has 2 unspecified atom stereocenters. The van der Waals surface area contributed by atoms with Crippen molar-refractivity contribution >= 4 is 17.3 Å². The molecular formula is C16H19ClN2O4. The fourth-order valence-corrected chi connectivity index (χ4v) is 2.32. The molecule has 0 aliphatic carbocycles. The number of benzene rings is 1. The maximum atomic E-state index is 10.7. The fraction of sp³-hybridized carbons (Fsp3) is 0.375. The van der Waals surface area contributed by atoms with Crippen LogP contribution in [-0.2, 0) is 6.54 Å². The molecule has 1 aromatic carbocycles. The summed E-state index contributed by atoms with van der Waals surface area (Å²) >= 11 is 6.10. The predicted octanol–water partition coefficient (Wildman–Crippen LogP) is 3.61. The molecule has 0 aliphatic rings. The lowest BCUT2D eigenvalue weighted by Crippen LogP contribution is -2.33. The highest BCUT2D eigenvalue weighted by Gasteiger charge is 2.15. The predicted molar refractivity (Wildman–Crippen MR) is 88.4 cm³/mol. The summed E-state index contributed by atoms with van der Waals surface area (Å²) in [5.41, 5.74) is 0.555. The fourth-order valence-electron chi connectivity index (χ4n) is 2.06. The Bertz CT molecular complexity index is 686. The average Bonchev–Trinajstić information content (AvgIpc) is 3.00. The third-order valence-corrected chi connectivity index (χ3v) is 4.14. The number of rotatable bonds is 7. The zero-order chi connectivity index (χ0) is 17.0. The van der Waals surface area contributed by atoms with Gasteiger partial charge in [0.1, 0.15) is 11.5 Å². The first-order valence-corrected chi connectivity index (χ1v) is 7.67. The summed E-state index contributed by atoms with van der Waals surface area (Å²) in [6.45, 7) is 4.60. The van der Waals surface area contributed by atoms with Gasteiger partial charge in [0.25, 0.3) is 5.69 Å². The number of furan rings is 1. The number of nitro benzene ring substituents is 1. The molecule has 2 N–H and O–H groups in total. The molecule has 0 aliphatic heterocycles. The number of hydrogen-bond donors (Lipinski definition) is 2. The van der Waals surface area contributed by atoms with E-state index in [2.05, 4.69) is 5.32 Å². The SMILES string of the molecule is CC(CO)C(C)NCc1ccc(-c2ccc([N+](=O)[O-])cc2Cl)o1. The second-order valence-electron chi connectivity index (χ2n) is 5.52. The van der Waals surface area contributed by atoms with Gasteiger partial charge >= 0.3 is 0 Å². The van der Waals surface area contributed by atoms with Crippen LogP contribution in [0, 0.1) is 16.0 Å². The van der Waals surface area contributed by atoms with E-state index in [4.69, 9.17) is 21.1 Å². The van der Waals surface area contributed by atoms with Crippen molar-refractivity contribution in [3.05, 3.63) is 51.2 Å². The largest absolute Gasteiger partial charge is 0.460 e. The van der Waals surface area contributed by atoms with Crippen LogP contribution in [0.5, 0.6) is 0 Å². The zero-order valence-corrected chi connectivity index (χ0v) is 13.7. The van der Waals surface area contributed by atoms with Crippen molar-refractivity contribution in [2.45, 2.75) is 26.4 Å². The number of nitro groups is 1. The van der Waals surface area contributed by atoms with Gasteiger partial charge in [-0.3, -0.25) is 10.1 Å². The molecule has 0 saturated heterocycles. The van der Waals surface area contributed by atoms with Crippen molar-refractivity contribution in [1.82, 2.24) is 5.32 Å². The molecule has 2 atom stereocenters. The molecular weight excluding hydrogens is 320 g/mol. The summed E-state index contributed by atoms with van der Waals surface area (Å²) in [5.74, 6) is 1.43. The summed E-state index contributed by atoms with van der Waals surface area (Å²) in [7, 11) is 0. The number of nitrogens with zero attached hydrogens (tertiary/aromatic N) is 1. The lowest BCUT2D eigenvalue weighted by molar-refractivity contribution is -0.384. The van der Waals surface area contributed by atoms with Gasteiger partial charge in [0.15, 0.2) is 0 Å². The third-order valence-electron chi connectivity index (χ3n) is 3.83. The smallest absolute Gasteiger partial charge is 0.270 e. The van der Waals surface area contributed by atoms with Crippen molar-refractivity contribution < 1.29 is 14.4 Å².